The third-order valence-corrected chi connectivity index (χ3v) is 3.84. The standard InChI is InChI=1S/C15H18N2O3S/c1-9-3-4-11(7-10(9)2)12-8-13(15(19)20)17(16-12)14(18)5-6-21/h3-4,7,13,21H,5-6,8H2,1-2H3,(H,19,20). The zero-order valence-electron chi connectivity index (χ0n) is 12.0. The van der Waals surface area contributed by atoms with Crippen molar-refractivity contribution in [3.8, 4) is 0 Å². The number of hydrogen-bond donors (Lipinski definition) is 2. The van der Waals surface area contributed by atoms with E-state index in [2.05, 4.69) is 17.7 Å². The molecule has 0 aliphatic carbocycles. The van der Waals surface area contributed by atoms with E-state index in [0.29, 0.717) is 11.5 Å². The summed E-state index contributed by atoms with van der Waals surface area (Å²) in [6.07, 6.45) is 0.409. The number of carbonyl (C=O) groups is 2. The number of amides is 1. The first-order valence-corrected chi connectivity index (χ1v) is 7.38. The Kier molecular flexibility index (Phi) is 4.67. The molecule has 0 radical (unpaired) electrons. The van der Waals surface area contributed by atoms with E-state index in [1.165, 1.54) is 0 Å². The van der Waals surface area contributed by atoms with Crippen molar-refractivity contribution >= 4 is 30.2 Å². The highest BCUT2D eigenvalue weighted by Crippen LogP contribution is 2.22. The monoisotopic (exact) mass is 306 g/mol. The van der Waals surface area contributed by atoms with Crippen molar-refractivity contribution in [1.82, 2.24) is 5.01 Å². The molecule has 1 heterocycles. The molecule has 21 heavy (non-hydrogen) atoms. The minimum Gasteiger partial charge on any atom is -0.480 e. The average molecular weight is 306 g/mol. The van der Waals surface area contributed by atoms with Crippen LogP contribution in [-0.2, 0) is 9.59 Å². The summed E-state index contributed by atoms with van der Waals surface area (Å²) in [6.45, 7) is 4.00. The van der Waals surface area contributed by atoms with Gasteiger partial charge in [-0.05, 0) is 42.4 Å². The largest absolute Gasteiger partial charge is 0.480 e. The van der Waals surface area contributed by atoms with Gasteiger partial charge in [-0.1, -0.05) is 12.1 Å². The van der Waals surface area contributed by atoms with Crippen LogP contribution in [0.1, 0.15) is 29.5 Å². The van der Waals surface area contributed by atoms with Crippen molar-refractivity contribution in [2.24, 2.45) is 5.10 Å². The number of nitrogens with zero attached hydrogens (tertiary/aromatic N) is 2. The molecule has 0 bridgehead atoms. The lowest BCUT2D eigenvalue weighted by molar-refractivity contribution is -0.148. The molecule has 0 saturated heterocycles. The first-order valence-electron chi connectivity index (χ1n) is 6.75. The lowest BCUT2D eigenvalue weighted by Crippen LogP contribution is -2.38. The molecule has 6 heteroatoms. The molecule has 1 aromatic carbocycles. The SMILES string of the molecule is Cc1ccc(C2=NN(C(=O)CCS)C(C(=O)O)C2)cc1C. The summed E-state index contributed by atoms with van der Waals surface area (Å²) >= 11 is 4.01. The van der Waals surface area contributed by atoms with Crippen LogP contribution in [0.15, 0.2) is 23.3 Å². The summed E-state index contributed by atoms with van der Waals surface area (Å²) in [4.78, 5) is 23.3. The summed E-state index contributed by atoms with van der Waals surface area (Å²) in [5, 5.41) is 14.6. The fourth-order valence-corrected chi connectivity index (χ4v) is 2.43. The topological polar surface area (TPSA) is 70.0 Å². The molecular formula is C15H18N2O3S. The number of hydrogen-bond acceptors (Lipinski definition) is 4. The number of rotatable bonds is 4. The van der Waals surface area contributed by atoms with Crippen LogP contribution in [0.5, 0.6) is 0 Å². The van der Waals surface area contributed by atoms with Gasteiger partial charge in [0.25, 0.3) is 0 Å². The summed E-state index contributed by atoms with van der Waals surface area (Å²) in [5.41, 5.74) is 3.78. The van der Waals surface area contributed by atoms with E-state index >= 15 is 0 Å². The summed E-state index contributed by atoms with van der Waals surface area (Å²) < 4.78 is 0. The number of aryl methyl sites for hydroxylation is 2. The fourth-order valence-electron chi connectivity index (χ4n) is 2.24. The van der Waals surface area contributed by atoms with Crippen LogP contribution in [0.25, 0.3) is 0 Å². The second-order valence-corrected chi connectivity index (χ2v) is 5.56. The Morgan fingerprint density at radius 2 is 2.10 bits per heavy atom. The number of aliphatic carboxylic acids is 1. The van der Waals surface area contributed by atoms with Gasteiger partial charge in [0.2, 0.25) is 5.91 Å². The molecule has 1 unspecified atom stereocenters. The molecule has 0 saturated carbocycles. The Bertz CT molecular complexity index is 613. The van der Waals surface area contributed by atoms with Crippen LogP contribution in [0.3, 0.4) is 0 Å². The Morgan fingerprint density at radius 3 is 2.67 bits per heavy atom. The molecule has 1 N–H and O–H groups in total. The van der Waals surface area contributed by atoms with Gasteiger partial charge in [-0.15, -0.1) is 0 Å². The van der Waals surface area contributed by atoms with Crippen molar-refractivity contribution in [1.29, 1.82) is 0 Å². The van der Waals surface area contributed by atoms with Crippen molar-refractivity contribution in [3.63, 3.8) is 0 Å². The van der Waals surface area contributed by atoms with E-state index in [0.717, 1.165) is 21.7 Å². The molecule has 0 spiro atoms. The maximum atomic E-state index is 12.0. The molecule has 0 fully saturated rings. The summed E-state index contributed by atoms with van der Waals surface area (Å²) in [7, 11) is 0. The van der Waals surface area contributed by atoms with Gasteiger partial charge in [-0.3, -0.25) is 4.79 Å². The number of hydrazone groups is 1. The number of carboxylic acid groups (broad SMARTS) is 1. The second kappa shape index (κ2) is 6.30. The fraction of sp³-hybridized carbons (Fsp3) is 0.400. The van der Waals surface area contributed by atoms with Gasteiger partial charge < -0.3 is 5.11 Å². The highest BCUT2D eigenvalue weighted by atomic mass is 32.1. The highest BCUT2D eigenvalue weighted by molar-refractivity contribution is 7.80. The minimum atomic E-state index is -1.04. The van der Waals surface area contributed by atoms with Gasteiger partial charge in [0.1, 0.15) is 0 Å². The number of thiol groups is 1. The van der Waals surface area contributed by atoms with Crippen LogP contribution in [0, 0.1) is 13.8 Å². The van der Waals surface area contributed by atoms with Crippen molar-refractivity contribution in [3.05, 3.63) is 34.9 Å². The minimum absolute atomic E-state index is 0.177. The average Bonchev–Trinajstić information content (AvgIpc) is 2.87. The van der Waals surface area contributed by atoms with E-state index in [-0.39, 0.29) is 18.7 Å². The summed E-state index contributed by atoms with van der Waals surface area (Å²) in [6, 6.07) is 4.93. The Balaban J connectivity index is 2.32. The van der Waals surface area contributed by atoms with E-state index in [1.54, 1.807) is 0 Å². The van der Waals surface area contributed by atoms with Crippen molar-refractivity contribution < 1.29 is 14.7 Å². The summed E-state index contributed by atoms with van der Waals surface area (Å²) in [5.74, 6) is -0.975. The third-order valence-electron chi connectivity index (χ3n) is 3.62. The molecule has 5 nitrogen and oxygen atoms in total. The smallest absolute Gasteiger partial charge is 0.329 e. The number of carboxylic acids is 1. The predicted octanol–water partition coefficient (Wildman–Crippen LogP) is 2.01. The molecular weight excluding hydrogens is 288 g/mol. The van der Waals surface area contributed by atoms with Crippen LogP contribution in [0.2, 0.25) is 0 Å². The van der Waals surface area contributed by atoms with Gasteiger partial charge in [-0.2, -0.15) is 17.7 Å². The molecule has 2 rings (SSSR count). The molecule has 0 aromatic heterocycles. The van der Waals surface area contributed by atoms with Crippen LogP contribution in [-0.4, -0.2) is 39.5 Å². The maximum Gasteiger partial charge on any atom is 0.329 e. The van der Waals surface area contributed by atoms with E-state index in [4.69, 9.17) is 0 Å². The zero-order valence-corrected chi connectivity index (χ0v) is 12.9. The highest BCUT2D eigenvalue weighted by Gasteiger charge is 2.36. The first-order chi connectivity index (χ1) is 9.93. The van der Waals surface area contributed by atoms with Gasteiger partial charge in [0, 0.05) is 12.8 Å². The van der Waals surface area contributed by atoms with Crippen LogP contribution in [0.4, 0.5) is 0 Å². The molecule has 1 aromatic rings. The first kappa shape index (κ1) is 15.6. The van der Waals surface area contributed by atoms with Crippen molar-refractivity contribution in [2.75, 3.05) is 5.75 Å². The Labute approximate surface area is 129 Å². The van der Waals surface area contributed by atoms with Crippen LogP contribution < -0.4 is 0 Å². The Morgan fingerprint density at radius 1 is 1.38 bits per heavy atom. The molecule has 1 aliphatic heterocycles. The van der Waals surface area contributed by atoms with E-state index < -0.39 is 12.0 Å². The van der Waals surface area contributed by atoms with E-state index in [1.807, 2.05) is 32.0 Å². The quantitative estimate of drug-likeness (QED) is 0.836. The lowest BCUT2D eigenvalue weighted by Gasteiger charge is -2.17. The predicted molar refractivity (Wildman–Crippen MR) is 83.8 cm³/mol. The molecule has 1 amide bonds. The Hall–Kier alpha value is -1.82. The number of benzene rings is 1. The lowest BCUT2D eigenvalue weighted by atomic mass is 10.00. The molecule has 112 valence electrons. The van der Waals surface area contributed by atoms with Crippen molar-refractivity contribution in [2.45, 2.75) is 32.7 Å². The number of carbonyl (C=O) groups excluding carboxylic acids is 1. The van der Waals surface area contributed by atoms with E-state index in [9.17, 15) is 14.7 Å². The third kappa shape index (κ3) is 3.26. The maximum absolute atomic E-state index is 12.0. The zero-order chi connectivity index (χ0) is 15.6. The second-order valence-electron chi connectivity index (χ2n) is 5.12. The van der Waals surface area contributed by atoms with Gasteiger partial charge in [-0.25, -0.2) is 9.80 Å². The normalized spacial score (nSPS) is 17.8. The van der Waals surface area contributed by atoms with Gasteiger partial charge in [0.15, 0.2) is 6.04 Å². The molecule has 1 atom stereocenters. The van der Waals surface area contributed by atoms with Gasteiger partial charge >= 0.3 is 5.97 Å². The van der Waals surface area contributed by atoms with Crippen LogP contribution >= 0.6 is 12.6 Å². The van der Waals surface area contributed by atoms with Gasteiger partial charge in [0.05, 0.1) is 5.71 Å². The molecule has 1 aliphatic rings.